The van der Waals surface area contributed by atoms with E-state index < -0.39 is 0 Å². The Hall–Kier alpha value is -0.590. The number of hydrogen-bond donors (Lipinski definition) is 0. The molecule has 2 atom stereocenters. The lowest BCUT2D eigenvalue weighted by molar-refractivity contribution is 0.368. The molecule has 62 valence electrons. The van der Waals surface area contributed by atoms with Crippen LogP contribution < -0.4 is 0 Å². The standard InChI is InChI=1S/C10H17N/c1-8(2)10-7-11-6-4-5-9(10)3/h4,6-10H,5H2,1-3H3. The largest absolute Gasteiger partial charge is 0.269 e. The van der Waals surface area contributed by atoms with Gasteiger partial charge in [-0.3, -0.25) is 4.99 Å². The molecule has 0 amide bonds. The molecule has 2 unspecified atom stereocenters. The van der Waals surface area contributed by atoms with Crippen LogP contribution in [0.1, 0.15) is 27.2 Å². The van der Waals surface area contributed by atoms with E-state index in [4.69, 9.17) is 0 Å². The molecule has 0 aliphatic carbocycles. The highest BCUT2D eigenvalue weighted by molar-refractivity contribution is 5.62. The monoisotopic (exact) mass is 151 g/mol. The van der Waals surface area contributed by atoms with Gasteiger partial charge < -0.3 is 0 Å². The molecular formula is C10H17N. The SMILES string of the molecule is CC(C)C1C=NC=CCC1C. The van der Waals surface area contributed by atoms with Crippen molar-refractivity contribution in [1.29, 1.82) is 0 Å². The van der Waals surface area contributed by atoms with E-state index in [9.17, 15) is 0 Å². The Bertz CT molecular complexity index is 168. The van der Waals surface area contributed by atoms with Crippen molar-refractivity contribution in [2.75, 3.05) is 0 Å². The van der Waals surface area contributed by atoms with Crippen molar-refractivity contribution >= 4 is 6.21 Å². The number of allylic oxidation sites excluding steroid dienone is 1. The van der Waals surface area contributed by atoms with Crippen molar-refractivity contribution in [3.63, 3.8) is 0 Å². The number of rotatable bonds is 1. The van der Waals surface area contributed by atoms with Crippen LogP contribution in [0.15, 0.2) is 17.3 Å². The van der Waals surface area contributed by atoms with Gasteiger partial charge in [0.05, 0.1) is 0 Å². The van der Waals surface area contributed by atoms with E-state index in [-0.39, 0.29) is 0 Å². The minimum atomic E-state index is 0.657. The zero-order valence-electron chi connectivity index (χ0n) is 7.62. The van der Waals surface area contributed by atoms with Gasteiger partial charge in [-0.2, -0.15) is 0 Å². The number of aliphatic imine (C=N–C) groups is 1. The van der Waals surface area contributed by atoms with E-state index in [0.29, 0.717) is 11.8 Å². The molecule has 0 saturated heterocycles. The average Bonchev–Trinajstić information content (AvgIpc) is 2.13. The van der Waals surface area contributed by atoms with Crippen LogP contribution in [0.25, 0.3) is 0 Å². The van der Waals surface area contributed by atoms with Crippen LogP contribution in [0.4, 0.5) is 0 Å². The lowest BCUT2D eigenvalue weighted by Crippen LogP contribution is -2.18. The maximum absolute atomic E-state index is 4.22. The summed E-state index contributed by atoms with van der Waals surface area (Å²) in [4.78, 5) is 4.22. The molecule has 0 aromatic carbocycles. The van der Waals surface area contributed by atoms with Gasteiger partial charge in [0.15, 0.2) is 0 Å². The Labute approximate surface area is 69.2 Å². The molecule has 0 aromatic heterocycles. The second-order valence-corrected chi connectivity index (χ2v) is 3.72. The second kappa shape index (κ2) is 3.70. The first kappa shape index (κ1) is 8.51. The van der Waals surface area contributed by atoms with Gasteiger partial charge in [-0.25, -0.2) is 0 Å². The molecule has 1 aliphatic heterocycles. The van der Waals surface area contributed by atoms with Gasteiger partial charge in [-0.05, 0) is 24.2 Å². The Balaban J connectivity index is 2.64. The average molecular weight is 151 g/mol. The first-order chi connectivity index (χ1) is 5.22. The minimum absolute atomic E-state index is 0.657. The molecule has 1 nitrogen and oxygen atoms in total. The smallest absolute Gasteiger partial charge is 0.0224 e. The molecule has 0 N–H and O–H groups in total. The van der Waals surface area contributed by atoms with E-state index in [2.05, 4.69) is 38.1 Å². The van der Waals surface area contributed by atoms with Crippen LogP contribution in [-0.2, 0) is 0 Å². The third-order valence-electron chi connectivity index (χ3n) is 2.38. The summed E-state index contributed by atoms with van der Waals surface area (Å²) in [5.74, 6) is 2.12. The molecule has 11 heavy (non-hydrogen) atoms. The summed E-state index contributed by atoms with van der Waals surface area (Å²) < 4.78 is 0. The van der Waals surface area contributed by atoms with E-state index in [1.54, 1.807) is 0 Å². The molecule has 0 spiro atoms. The van der Waals surface area contributed by atoms with Crippen molar-refractivity contribution in [3.8, 4) is 0 Å². The van der Waals surface area contributed by atoms with Crippen LogP contribution in [0, 0.1) is 17.8 Å². The highest BCUT2D eigenvalue weighted by atomic mass is 14.7. The molecule has 0 radical (unpaired) electrons. The lowest BCUT2D eigenvalue weighted by atomic mass is 9.84. The van der Waals surface area contributed by atoms with Gasteiger partial charge in [0.2, 0.25) is 0 Å². The van der Waals surface area contributed by atoms with Crippen molar-refractivity contribution in [3.05, 3.63) is 12.3 Å². The Morgan fingerprint density at radius 2 is 2.18 bits per heavy atom. The Kier molecular flexibility index (Phi) is 2.86. The quantitative estimate of drug-likeness (QED) is 0.546. The number of hydrogen-bond acceptors (Lipinski definition) is 1. The van der Waals surface area contributed by atoms with Crippen LogP contribution in [0.3, 0.4) is 0 Å². The normalized spacial score (nSPS) is 30.9. The first-order valence-corrected chi connectivity index (χ1v) is 4.40. The lowest BCUT2D eigenvalue weighted by Gasteiger charge is -2.21. The molecule has 1 aliphatic rings. The van der Waals surface area contributed by atoms with Crippen LogP contribution in [-0.4, -0.2) is 6.21 Å². The zero-order valence-corrected chi connectivity index (χ0v) is 7.62. The molecule has 1 rings (SSSR count). The van der Waals surface area contributed by atoms with E-state index in [1.807, 2.05) is 6.20 Å². The minimum Gasteiger partial charge on any atom is -0.269 e. The Morgan fingerprint density at radius 1 is 1.45 bits per heavy atom. The van der Waals surface area contributed by atoms with Gasteiger partial charge in [-0.1, -0.05) is 26.8 Å². The fourth-order valence-corrected chi connectivity index (χ4v) is 1.62. The molecule has 0 aromatic rings. The zero-order chi connectivity index (χ0) is 8.27. The summed E-state index contributed by atoms with van der Waals surface area (Å²) >= 11 is 0. The van der Waals surface area contributed by atoms with Crippen LogP contribution in [0.2, 0.25) is 0 Å². The second-order valence-electron chi connectivity index (χ2n) is 3.72. The van der Waals surface area contributed by atoms with E-state index in [0.717, 1.165) is 5.92 Å². The summed E-state index contributed by atoms with van der Waals surface area (Å²) in [6.07, 6.45) is 7.34. The van der Waals surface area contributed by atoms with Crippen molar-refractivity contribution in [2.45, 2.75) is 27.2 Å². The first-order valence-electron chi connectivity index (χ1n) is 4.40. The molecular weight excluding hydrogens is 134 g/mol. The van der Waals surface area contributed by atoms with E-state index in [1.165, 1.54) is 6.42 Å². The summed E-state index contributed by atoms with van der Waals surface area (Å²) in [5.41, 5.74) is 0. The highest BCUT2D eigenvalue weighted by Gasteiger charge is 2.18. The predicted molar refractivity (Wildman–Crippen MR) is 49.7 cm³/mol. The van der Waals surface area contributed by atoms with Gasteiger partial charge in [0.1, 0.15) is 0 Å². The third kappa shape index (κ3) is 2.18. The highest BCUT2D eigenvalue weighted by Crippen LogP contribution is 2.23. The van der Waals surface area contributed by atoms with Gasteiger partial charge in [-0.15, -0.1) is 0 Å². The molecule has 0 bridgehead atoms. The van der Waals surface area contributed by atoms with Crippen molar-refractivity contribution in [2.24, 2.45) is 22.7 Å². The van der Waals surface area contributed by atoms with E-state index >= 15 is 0 Å². The van der Waals surface area contributed by atoms with Crippen LogP contribution in [0.5, 0.6) is 0 Å². The molecule has 0 fully saturated rings. The van der Waals surface area contributed by atoms with Crippen molar-refractivity contribution in [1.82, 2.24) is 0 Å². The van der Waals surface area contributed by atoms with Gasteiger partial charge in [0, 0.05) is 12.4 Å². The summed E-state index contributed by atoms with van der Waals surface area (Å²) in [7, 11) is 0. The topological polar surface area (TPSA) is 12.4 Å². The summed E-state index contributed by atoms with van der Waals surface area (Å²) in [5, 5.41) is 0. The fraction of sp³-hybridized carbons (Fsp3) is 0.700. The molecule has 1 heteroatoms. The maximum Gasteiger partial charge on any atom is 0.0224 e. The summed E-state index contributed by atoms with van der Waals surface area (Å²) in [6, 6.07) is 0. The fourth-order valence-electron chi connectivity index (χ4n) is 1.62. The van der Waals surface area contributed by atoms with Crippen LogP contribution >= 0.6 is 0 Å². The number of nitrogens with zero attached hydrogens (tertiary/aromatic N) is 1. The summed E-state index contributed by atoms with van der Waals surface area (Å²) in [6.45, 7) is 6.82. The Morgan fingerprint density at radius 3 is 2.82 bits per heavy atom. The third-order valence-corrected chi connectivity index (χ3v) is 2.38. The molecule has 0 saturated carbocycles. The molecule has 1 heterocycles. The predicted octanol–water partition coefficient (Wildman–Crippen LogP) is 2.88. The van der Waals surface area contributed by atoms with Gasteiger partial charge in [0.25, 0.3) is 0 Å². The maximum atomic E-state index is 4.22. The van der Waals surface area contributed by atoms with Gasteiger partial charge >= 0.3 is 0 Å². The van der Waals surface area contributed by atoms with Crippen molar-refractivity contribution < 1.29 is 0 Å².